The molecule has 1 aromatic rings. The van der Waals surface area contributed by atoms with Gasteiger partial charge < -0.3 is 16.0 Å². The highest BCUT2D eigenvalue weighted by Crippen LogP contribution is 2.26. The fourth-order valence-corrected chi connectivity index (χ4v) is 4.98. The normalized spacial score (nSPS) is 24.7. The minimum atomic E-state index is -3.84. The molecule has 156 valence electrons. The Hall–Kier alpha value is -1.68. The smallest absolute Gasteiger partial charge is 0.241 e. The molecule has 3 unspecified atom stereocenters. The van der Waals surface area contributed by atoms with Crippen LogP contribution in [0.3, 0.4) is 0 Å². The number of rotatable bonds is 6. The number of fused-ring (bicyclic) bond motifs is 2. The second kappa shape index (κ2) is 9.21. The summed E-state index contributed by atoms with van der Waals surface area (Å²) in [6.07, 6.45) is 4.03. The number of hydrogen-bond donors (Lipinski definition) is 4. The summed E-state index contributed by atoms with van der Waals surface area (Å²) in [5, 5.41) is 9.06. The maximum atomic E-state index is 12.5. The van der Waals surface area contributed by atoms with Gasteiger partial charge in [0.15, 0.2) is 0 Å². The maximum Gasteiger partial charge on any atom is 0.241 e. The molecule has 0 saturated carbocycles. The first-order valence-corrected chi connectivity index (χ1v) is 10.7. The Morgan fingerprint density at radius 2 is 1.68 bits per heavy atom. The number of carbonyl (C=O) groups is 2. The lowest BCUT2D eigenvalue weighted by molar-refractivity contribution is -0.123. The van der Waals surface area contributed by atoms with Gasteiger partial charge in [-0.1, -0.05) is 0 Å². The van der Waals surface area contributed by atoms with Crippen molar-refractivity contribution in [3.05, 3.63) is 24.3 Å². The number of nitrogens with one attached hydrogen (secondary N) is 4. The van der Waals surface area contributed by atoms with Crippen molar-refractivity contribution in [2.24, 2.45) is 0 Å². The third kappa shape index (κ3) is 5.66. The van der Waals surface area contributed by atoms with Crippen molar-refractivity contribution in [3.63, 3.8) is 0 Å². The highest BCUT2D eigenvalue weighted by atomic mass is 35.5. The molecule has 0 spiro atoms. The van der Waals surface area contributed by atoms with E-state index in [1.54, 1.807) is 0 Å². The largest absolute Gasteiger partial charge is 0.352 e. The molecule has 0 aliphatic carbocycles. The number of sulfonamides is 1. The average molecular weight is 431 g/mol. The summed E-state index contributed by atoms with van der Waals surface area (Å²) in [4.78, 5) is 23.5. The van der Waals surface area contributed by atoms with E-state index in [0.29, 0.717) is 17.8 Å². The van der Waals surface area contributed by atoms with Crippen molar-refractivity contribution in [3.8, 4) is 0 Å². The molecule has 2 amide bonds. The van der Waals surface area contributed by atoms with E-state index >= 15 is 0 Å². The first kappa shape index (κ1) is 22.6. The van der Waals surface area contributed by atoms with Gasteiger partial charge in [0.05, 0.1) is 10.9 Å². The van der Waals surface area contributed by atoms with E-state index in [1.165, 1.54) is 38.1 Å². The van der Waals surface area contributed by atoms with E-state index in [2.05, 4.69) is 20.7 Å². The molecule has 2 aliphatic rings. The number of benzene rings is 1. The van der Waals surface area contributed by atoms with Gasteiger partial charge in [-0.3, -0.25) is 9.59 Å². The monoisotopic (exact) mass is 430 g/mol. The Morgan fingerprint density at radius 3 is 2.21 bits per heavy atom. The van der Waals surface area contributed by atoms with E-state index in [-0.39, 0.29) is 35.2 Å². The first-order valence-electron chi connectivity index (χ1n) is 9.19. The van der Waals surface area contributed by atoms with Crippen molar-refractivity contribution in [1.29, 1.82) is 0 Å². The van der Waals surface area contributed by atoms with Crippen LogP contribution in [0.25, 0.3) is 0 Å². The fourth-order valence-electron chi connectivity index (χ4n) is 3.78. The van der Waals surface area contributed by atoms with E-state index in [4.69, 9.17) is 0 Å². The van der Waals surface area contributed by atoms with Crippen LogP contribution < -0.4 is 20.7 Å². The summed E-state index contributed by atoms with van der Waals surface area (Å²) < 4.78 is 27.4. The second-order valence-electron chi connectivity index (χ2n) is 7.36. The Kier molecular flexibility index (Phi) is 7.44. The summed E-state index contributed by atoms with van der Waals surface area (Å²) in [5.74, 6) is -0.555. The molecule has 2 bridgehead atoms. The van der Waals surface area contributed by atoms with Crippen LogP contribution in [-0.4, -0.2) is 44.4 Å². The summed E-state index contributed by atoms with van der Waals surface area (Å²) in [5.41, 5.74) is 0.507. The predicted octanol–water partition coefficient (Wildman–Crippen LogP) is 1.13. The Labute approximate surface area is 171 Å². The highest BCUT2D eigenvalue weighted by Gasteiger charge is 2.34. The van der Waals surface area contributed by atoms with Crippen LogP contribution in [0, 0.1) is 0 Å². The number of hydrogen-bond acceptors (Lipinski definition) is 5. The molecule has 8 nitrogen and oxygen atoms in total. The molecule has 2 saturated heterocycles. The number of carbonyl (C=O) groups excluding carboxylic acids is 2. The topological polar surface area (TPSA) is 116 Å². The van der Waals surface area contributed by atoms with E-state index in [1.807, 2.05) is 0 Å². The van der Waals surface area contributed by atoms with E-state index in [0.717, 1.165) is 25.7 Å². The first-order chi connectivity index (χ1) is 12.7. The van der Waals surface area contributed by atoms with Crippen molar-refractivity contribution < 1.29 is 18.0 Å². The van der Waals surface area contributed by atoms with Gasteiger partial charge in [0.2, 0.25) is 21.8 Å². The van der Waals surface area contributed by atoms with Crippen LogP contribution >= 0.6 is 12.4 Å². The van der Waals surface area contributed by atoms with Crippen LogP contribution in [0.1, 0.15) is 39.5 Å². The fraction of sp³-hybridized carbons (Fsp3) is 0.556. The summed E-state index contributed by atoms with van der Waals surface area (Å²) >= 11 is 0. The molecule has 3 atom stereocenters. The number of halogens is 1. The van der Waals surface area contributed by atoms with Gasteiger partial charge in [-0.2, -0.15) is 4.72 Å². The van der Waals surface area contributed by atoms with Crippen molar-refractivity contribution in [1.82, 2.24) is 15.4 Å². The van der Waals surface area contributed by atoms with Gasteiger partial charge in [0, 0.05) is 30.7 Å². The Balaban J connectivity index is 0.00000280. The summed E-state index contributed by atoms with van der Waals surface area (Å²) in [7, 11) is -3.84. The zero-order valence-electron chi connectivity index (χ0n) is 15.9. The molecular formula is C18H27ClN4O4S. The third-order valence-corrected chi connectivity index (χ3v) is 6.59. The lowest BCUT2D eigenvalue weighted by Crippen LogP contribution is -2.52. The zero-order valence-corrected chi connectivity index (χ0v) is 17.5. The summed E-state index contributed by atoms with van der Waals surface area (Å²) in [6, 6.07) is 5.90. The zero-order chi connectivity index (χ0) is 19.6. The van der Waals surface area contributed by atoms with Gasteiger partial charge in [0.1, 0.15) is 0 Å². The number of anilines is 1. The molecule has 3 rings (SSSR count). The van der Waals surface area contributed by atoms with E-state index in [9.17, 15) is 18.0 Å². The third-order valence-electron chi connectivity index (χ3n) is 5.03. The average Bonchev–Trinajstić information content (AvgIpc) is 2.93. The summed E-state index contributed by atoms with van der Waals surface area (Å²) in [6.45, 7) is 2.91. The van der Waals surface area contributed by atoms with Crippen LogP contribution in [0.5, 0.6) is 0 Å². The number of amides is 2. The van der Waals surface area contributed by atoms with Crippen LogP contribution in [-0.2, 0) is 19.6 Å². The molecule has 4 N–H and O–H groups in total. The van der Waals surface area contributed by atoms with Gasteiger partial charge in [-0.05, 0) is 56.9 Å². The minimum Gasteiger partial charge on any atom is -0.352 e. The number of piperidine rings is 1. The molecule has 1 aromatic carbocycles. The standard InChI is InChI=1S/C18H26N4O4S.ClH/c1-11(18(24)21-16-9-14-3-4-15(10-16)20-14)22-27(25,26)17-7-5-13(6-8-17)19-12(2)23;/h5-8,11,14-16,20,22H,3-4,9-10H2,1-2H3,(H,19,23)(H,21,24);1H. The molecule has 2 aliphatic heterocycles. The maximum absolute atomic E-state index is 12.5. The van der Waals surface area contributed by atoms with Crippen LogP contribution in [0.4, 0.5) is 5.69 Å². The molecule has 2 heterocycles. The second-order valence-corrected chi connectivity index (χ2v) is 9.08. The lowest BCUT2D eigenvalue weighted by atomic mass is 9.99. The van der Waals surface area contributed by atoms with Gasteiger partial charge in [-0.15, -0.1) is 12.4 Å². The molecule has 2 fully saturated rings. The van der Waals surface area contributed by atoms with E-state index < -0.39 is 16.1 Å². The quantitative estimate of drug-likeness (QED) is 0.540. The Morgan fingerprint density at radius 1 is 1.11 bits per heavy atom. The van der Waals surface area contributed by atoms with Crippen LogP contribution in [0.15, 0.2) is 29.2 Å². The van der Waals surface area contributed by atoms with Crippen molar-refractivity contribution in [2.75, 3.05) is 5.32 Å². The molecule has 0 aromatic heterocycles. The van der Waals surface area contributed by atoms with Crippen molar-refractivity contribution in [2.45, 2.75) is 68.6 Å². The van der Waals surface area contributed by atoms with Gasteiger partial charge in [-0.25, -0.2) is 8.42 Å². The Bertz CT molecular complexity index is 803. The molecular weight excluding hydrogens is 404 g/mol. The highest BCUT2D eigenvalue weighted by molar-refractivity contribution is 7.89. The van der Waals surface area contributed by atoms with Gasteiger partial charge >= 0.3 is 0 Å². The molecule has 28 heavy (non-hydrogen) atoms. The minimum absolute atomic E-state index is 0. The van der Waals surface area contributed by atoms with Crippen molar-refractivity contribution >= 4 is 39.9 Å². The molecule has 10 heteroatoms. The van der Waals surface area contributed by atoms with Gasteiger partial charge in [0.25, 0.3) is 0 Å². The predicted molar refractivity (Wildman–Crippen MR) is 109 cm³/mol. The SMILES string of the molecule is CC(=O)Nc1ccc(S(=O)(=O)NC(C)C(=O)NC2CC3CCC(C2)N3)cc1.Cl. The lowest BCUT2D eigenvalue weighted by Gasteiger charge is -2.30. The molecule has 0 radical (unpaired) electrons. The van der Waals surface area contributed by atoms with Crippen LogP contribution in [0.2, 0.25) is 0 Å².